The third-order valence-electron chi connectivity index (χ3n) is 5.09. The van der Waals surface area contributed by atoms with Gasteiger partial charge in [0, 0.05) is 36.9 Å². The maximum atomic E-state index is 12.5. The van der Waals surface area contributed by atoms with Crippen LogP contribution in [0.4, 0.5) is 10.5 Å². The molecule has 2 rings (SSSR count). The van der Waals surface area contributed by atoms with Gasteiger partial charge >= 0.3 is 12.1 Å². The van der Waals surface area contributed by atoms with Crippen LogP contribution < -0.4 is 4.90 Å². The van der Waals surface area contributed by atoms with Gasteiger partial charge in [-0.1, -0.05) is 11.8 Å². The highest BCUT2D eigenvalue weighted by Crippen LogP contribution is 2.30. The molecule has 1 N–H and O–H groups in total. The Kier molecular flexibility index (Phi) is 8.35. The lowest BCUT2D eigenvalue weighted by molar-refractivity contribution is 0.0292. The number of nitrogens with zero attached hydrogens (tertiary/aromatic N) is 2. The van der Waals surface area contributed by atoms with Crippen molar-refractivity contribution < 1.29 is 24.2 Å². The van der Waals surface area contributed by atoms with E-state index in [1.807, 2.05) is 40.7 Å². The predicted octanol–water partition coefficient (Wildman–Crippen LogP) is 3.35. The Morgan fingerprint density at radius 1 is 1.29 bits per heavy atom. The Morgan fingerprint density at radius 2 is 2.00 bits per heavy atom. The number of aliphatic hydroxyl groups excluding tert-OH is 1. The van der Waals surface area contributed by atoms with Crippen molar-refractivity contribution in [2.24, 2.45) is 0 Å². The second kappa shape index (κ2) is 10.5. The number of hydrogen-bond acceptors (Lipinski definition) is 6. The number of likely N-dealkylation sites (N-methyl/N-ethyl adjacent to an activating group) is 1. The molecule has 1 aliphatic heterocycles. The Hall–Kier alpha value is -2.72. The minimum atomic E-state index is -0.537. The number of carbonyl (C=O) groups is 2. The van der Waals surface area contributed by atoms with Crippen LogP contribution in [0.25, 0.3) is 0 Å². The van der Waals surface area contributed by atoms with Crippen molar-refractivity contribution in [3.05, 3.63) is 28.8 Å². The maximum absolute atomic E-state index is 12.5. The second-order valence-electron chi connectivity index (χ2n) is 8.50. The van der Waals surface area contributed by atoms with Crippen LogP contribution in [0.1, 0.15) is 62.5 Å². The fraction of sp³-hybridized carbons (Fsp3) is 0.583. The number of likely N-dealkylation sites (tertiary alicyclic amines) is 1. The van der Waals surface area contributed by atoms with Crippen molar-refractivity contribution in [2.75, 3.05) is 37.7 Å². The Labute approximate surface area is 185 Å². The van der Waals surface area contributed by atoms with Crippen LogP contribution in [0, 0.1) is 18.8 Å². The minimum Gasteiger partial charge on any atom is -0.462 e. The monoisotopic (exact) mass is 430 g/mol. The summed E-state index contributed by atoms with van der Waals surface area (Å²) < 4.78 is 10.8. The summed E-state index contributed by atoms with van der Waals surface area (Å²) in [6, 6.07) is 3.72. The molecule has 1 unspecified atom stereocenters. The molecule has 0 bridgehead atoms. The lowest BCUT2D eigenvalue weighted by Crippen LogP contribution is -2.41. The van der Waals surface area contributed by atoms with E-state index in [2.05, 4.69) is 16.7 Å². The second-order valence-corrected chi connectivity index (χ2v) is 8.50. The average molecular weight is 431 g/mol. The van der Waals surface area contributed by atoms with E-state index in [-0.39, 0.29) is 25.3 Å². The number of esters is 1. The fourth-order valence-electron chi connectivity index (χ4n) is 3.75. The van der Waals surface area contributed by atoms with Crippen LogP contribution in [0.2, 0.25) is 0 Å². The zero-order valence-corrected chi connectivity index (χ0v) is 19.4. The van der Waals surface area contributed by atoms with Gasteiger partial charge in [0.2, 0.25) is 0 Å². The van der Waals surface area contributed by atoms with E-state index < -0.39 is 11.6 Å². The highest BCUT2D eigenvalue weighted by Gasteiger charge is 2.33. The first-order valence-corrected chi connectivity index (χ1v) is 10.8. The van der Waals surface area contributed by atoms with Crippen molar-refractivity contribution in [1.29, 1.82) is 0 Å². The number of amides is 1. The lowest BCUT2D eigenvalue weighted by atomic mass is 10.0. The van der Waals surface area contributed by atoms with Crippen molar-refractivity contribution in [2.45, 2.75) is 59.6 Å². The summed E-state index contributed by atoms with van der Waals surface area (Å²) in [6.07, 6.45) is 0.492. The molecule has 170 valence electrons. The fourth-order valence-corrected chi connectivity index (χ4v) is 3.75. The molecule has 0 aromatic heterocycles. The van der Waals surface area contributed by atoms with E-state index in [0.29, 0.717) is 30.8 Å². The van der Waals surface area contributed by atoms with Crippen LogP contribution in [-0.2, 0) is 9.47 Å². The van der Waals surface area contributed by atoms with Crippen LogP contribution >= 0.6 is 0 Å². The third kappa shape index (κ3) is 6.38. The van der Waals surface area contributed by atoms with Gasteiger partial charge in [0.15, 0.2) is 0 Å². The third-order valence-corrected chi connectivity index (χ3v) is 5.09. The topological polar surface area (TPSA) is 79.3 Å². The quantitative estimate of drug-likeness (QED) is 0.570. The first-order valence-electron chi connectivity index (χ1n) is 10.8. The number of benzene rings is 1. The largest absolute Gasteiger partial charge is 0.462 e. The minimum absolute atomic E-state index is 0.0901. The molecule has 1 atom stereocenters. The first kappa shape index (κ1) is 24.5. The summed E-state index contributed by atoms with van der Waals surface area (Å²) >= 11 is 0. The number of carbonyl (C=O) groups excluding carboxylic acids is 2. The SMILES string of the molecule is CCOC(=O)c1cc(C#CCO)cc(N(CC)C2CCN(C(=O)OC(C)(C)C)C2)c1C. The molecule has 1 amide bonds. The molecule has 1 fully saturated rings. The van der Waals surface area contributed by atoms with E-state index in [1.54, 1.807) is 17.9 Å². The van der Waals surface area contributed by atoms with E-state index in [9.17, 15) is 9.59 Å². The standard InChI is InChI=1S/C24H34N2O5/c1-7-26(19-11-12-25(16-19)23(29)31-24(4,5)6)21-15-18(10-9-13-27)14-20(17(21)3)22(28)30-8-2/h14-15,19,27H,7-8,11-13,16H2,1-6H3. The van der Waals surface area contributed by atoms with E-state index in [4.69, 9.17) is 14.6 Å². The van der Waals surface area contributed by atoms with Gasteiger partial charge < -0.3 is 24.4 Å². The van der Waals surface area contributed by atoms with Gasteiger partial charge in [0.25, 0.3) is 0 Å². The molecule has 31 heavy (non-hydrogen) atoms. The first-order chi connectivity index (χ1) is 14.6. The molecule has 0 spiro atoms. The molecule has 7 nitrogen and oxygen atoms in total. The van der Waals surface area contributed by atoms with Gasteiger partial charge in [-0.2, -0.15) is 0 Å². The van der Waals surface area contributed by atoms with Gasteiger partial charge in [0.05, 0.1) is 12.2 Å². The van der Waals surface area contributed by atoms with E-state index in [0.717, 1.165) is 17.7 Å². The number of hydrogen-bond donors (Lipinski definition) is 1. The molecule has 1 aromatic carbocycles. The molecule has 1 saturated heterocycles. The van der Waals surface area contributed by atoms with Crippen LogP contribution in [-0.4, -0.2) is 66.6 Å². The zero-order chi connectivity index (χ0) is 23.2. The Morgan fingerprint density at radius 3 is 2.58 bits per heavy atom. The highest BCUT2D eigenvalue weighted by molar-refractivity contribution is 5.93. The maximum Gasteiger partial charge on any atom is 0.410 e. The molecular formula is C24H34N2O5. The summed E-state index contributed by atoms with van der Waals surface area (Å²) in [5, 5.41) is 9.08. The summed E-state index contributed by atoms with van der Waals surface area (Å²) in [6.45, 7) is 13.2. The van der Waals surface area contributed by atoms with Gasteiger partial charge in [-0.15, -0.1) is 0 Å². The molecule has 0 aliphatic carbocycles. The number of aliphatic hydroxyl groups is 1. The molecule has 7 heteroatoms. The molecule has 0 radical (unpaired) electrons. The smallest absolute Gasteiger partial charge is 0.410 e. The Bertz CT molecular complexity index is 863. The van der Waals surface area contributed by atoms with Crippen molar-refractivity contribution in [3.8, 4) is 11.8 Å². The van der Waals surface area contributed by atoms with Gasteiger partial charge in [-0.3, -0.25) is 0 Å². The number of rotatable bonds is 5. The molecule has 1 heterocycles. The summed E-state index contributed by atoms with van der Waals surface area (Å²) in [5.74, 6) is 5.15. The Balaban J connectivity index is 2.36. The molecule has 1 aliphatic rings. The van der Waals surface area contributed by atoms with Crippen LogP contribution in [0.15, 0.2) is 12.1 Å². The molecular weight excluding hydrogens is 396 g/mol. The molecule has 1 aromatic rings. The summed E-state index contributed by atoms with van der Waals surface area (Å²) in [4.78, 5) is 29.0. The van der Waals surface area contributed by atoms with Crippen molar-refractivity contribution in [1.82, 2.24) is 4.90 Å². The van der Waals surface area contributed by atoms with Gasteiger partial charge in [-0.25, -0.2) is 9.59 Å². The van der Waals surface area contributed by atoms with Crippen LogP contribution in [0.3, 0.4) is 0 Å². The van der Waals surface area contributed by atoms with Gasteiger partial charge in [0.1, 0.15) is 12.2 Å². The molecule has 0 saturated carbocycles. The normalized spacial score (nSPS) is 15.8. The van der Waals surface area contributed by atoms with Crippen LogP contribution in [0.5, 0.6) is 0 Å². The number of anilines is 1. The summed E-state index contributed by atoms with van der Waals surface area (Å²) in [7, 11) is 0. The van der Waals surface area contributed by atoms with Crippen molar-refractivity contribution >= 4 is 17.7 Å². The lowest BCUT2D eigenvalue weighted by Gasteiger charge is -2.32. The van der Waals surface area contributed by atoms with Gasteiger partial charge in [-0.05, 0) is 65.7 Å². The zero-order valence-electron chi connectivity index (χ0n) is 19.4. The van der Waals surface area contributed by atoms with E-state index >= 15 is 0 Å². The number of ether oxygens (including phenoxy) is 2. The van der Waals surface area contributed by atoms with E-state index in [1.165, 1.54) is 0 Å². The average Bonchev–Trinajstić information content (AvgIpc) is 3.17. The van der Waals surface area contributed by atoms with Crippen molar-refractivity contribution in [3.63, 3.8) is 0 Å². The highest BCUT2D eigenvalue weighted by atomic mass is 16.6. The summed E-state index contributed by atoms with van der Waals surface area (Å²) in [5.41, 5.74) is 2.25. The predicted molar refractivity (Wildman–Crippen MR) is 120 cm³/mol.